The third-order valence-electron chi connectivity index (χ3n) is 6.40. The Hall–Kier alpha value is -0.940. The zero-order valence-corrected chi connectivity index (χ0v) is 16.6. The third kappa shape index (κ3) is 3.63. The molecule has 1 N–H and O–H groups in total. The average Bonchev–Trinajstić information content (AvgIpc) is 2.93. The maximum atomic E-state index is 11.9. The lowest BCUT2D eigenvalue weighted by Crippen LogP contribution is -2.48. The zero-order chi connectivity index (χ0) is 17.6. The van der Waals surface area contributed by atoms with Gasteiger partial charge in [0.25, 0.3) is 0 Å². The Labute approximate surface area is 155 Å². The lowest BCUT2D eigenvalue weighted by Gasteiger charge is -2.56. The summed E-state index contributed by atoms with van der Waals surface area (Å²) < 4.78 is 0. The number of carbonyl (C=O) groups is 1. The van der Waals surface area contributed by atoms with Gasteiger partial charge in [0, 0.05) is 16.8 Å². The van der Waals surface area contributed by atoms with Crippen LogP contribution in [0, 0.1) is 17.8 Å². The van der Waals surface area contributed by atoms with Gasteiger partial charge in [0.05, 0.1) is 18.8 Å². The quantitative estimate of drug-likeness (QED) is 0.842. The van der Waals surface area contributed by atoms with Crippen molar-refractivity contribution >= 4 is 17.2 Å². The van der Waals surface area contributed by atoms with E-state index < -0.39 is 0 Å². The molecule has 4 fully saturated rings. The molecule has 0 saturated heterocycles. The first-order valence-corrected chi connectivity index (χ1v) is 10.7. The summed E-state index contributed by atoms with van der Waals surface area (Å²) in [5.41, 5.74) is 1.75. The number of hydrogen-bond donors (Lipinski definition) is 1. The number of carbonyl (C=O) groups excluding carboxylic acids is 1. The molecular formula is C20H31N3OS. The molecule has 4 nitrogen and oxygen atoms in total. The second-order valence-electron chi connectivity index (χ2n) is 9.22. The Morgan fingerprint density at radius 3 is 2.44 bits per heavy atom. The van der Waals surface area contributed by atoms with E-state index in [0.717, 1.165) is 29.3 Å². The second kappa shape index (κ2) is 6.66. The highest BCUT2D eigenvalue weighted by Gasteiger charge is 2.52. The van der Waals surface area contributed by atoms with Crippen molar-refractivity contribution in [2.24, 2.45) is 17.8 Å². The van der Waals surface area contributed by atoms with Crippen LogP contribution >= 0.6 is 11.3 Å². The molecule has 0 unspecified atom stereocenters. The average molecular weight is 362 g/mol. The van der Waals surface area contributed by atoms with Crippen LogP contribution in [0.15, 0.2) is 5.38 Å². The molecule has 0 aliphatic heterocycles. The van der Waals surface area contributed by atoms with Gasteiger partial charge in [-0.05, 0) is 77.2 Å². The molecule has 0 aromatic carbocycles. The smallest absolute Gasteiger partial charge is 0.234 e. The molecule has 5 rings (SSSR count). The van der Waals surface area contributed by atoms with Crippen LogP contribution < -0.4 is 5.32 Å². The van der Waals surface area contributed by atoms with Crippen molar-refractivity contribution in [1.29, 1.82) is 0 Å². The monoisotopic (exact) mass is 361 g/mol. The molecule has 4 saturated carbocycles. The van der Waals surface area contributed by atoms with Gasteiger partial charge >= 0.3 is 0 Å². The van der Waals surface area contributed by atoms with E-state index in [0.29, 0.717) is 12.0 Å². The van der Waals surface area contributed by atoms with Crippen LogP contribution in [0.25, 0.3) is 0 Å². The van der Waals surface area contributed by atoms with Crippen molar-refractivity contribution in [2.75, 3.05) is 13.6 Å². The molecule has 138 valence electrons. The molecule has 1 amide bonds. The molecule has 4 aliphatic carbocycles. The number of hydrogen-bond acceptors (Lipinski definition) is 4. The van der Waals surface area contributed by atoms with E-state index >= 15 is 0 Å². The highest BCUT2D eigenvalue weighted by atomic mass is 32.1. The van der Waals surface area contributed by atoms with E-state index in [1.807, 2.05) is 20.9 Å². The fourth-order valence-corrected chi connectivity index (χ4v) is 6.95. The van der Waals surface area contributed by atoms with Gasteiger partial charge in [0.1, 0.15) is 5.01 Å². The largest absolute Gasteiger partial charge is 0.353 e. The molecule has 1 aromatic rings. The van der Waals surface area contributed by atoms with E-state index in [4.69, 9.17) is 4.98 Å². The molecule has 0 spiro atoms. The molecule has 1 heterocycles. The first kappa shape index (κ1) is 17.5. The fourth-order valence-electron chi connectivity index (χ4n) is 5.95. The Morgan fingerprint density at radius 2 is 1.88 bits per heavy atom. The summed E-state index contributed by atoms with van der Waals surface area (Å²) in [6, 6.07) is 0.198. The topological polar surface area (TPSA) is 45.2 Å². The van der Waals surface area contributed by atoms with Gasteiger partial charge in [0.15, 0.2) is 0 Å². The Morgan fingerprint density at radius 1 is 1.28 bits per heavy atom. The second-order valence-corrected chi connectivity index (χ2v) is 10.2. The van der Waals surface area contributed by atoms with Crippen LogP contribution in [0.1, 0.15) is 63.1 Å². The Balaban J connectivity index is 1.40. The molecular weight excluding hydrogens is 330 g/mol. The fraction of sp³-hybridized carbons (Fsp3) is 0.800. The van der Waals surface area contributed by atoms with Gasteiger partial charge in [-0.25, -0.2) is 4.98 Å². The molecule has 4 aliphatic rings. The SMILES string of the molecule is CC(C)NC(=O)CN(C)Cc1nc(C23CC4CC(CC(C4)C2)C3)cs1. The summed E-state index contributed by atoms with van der Waals surface area (Å²) in [7, 11) is 2.01. The van der Waals surface area contributed by atoms with Crippen LogP contribution in [0.4, 0.5) is 0 Å². The minimum Gasteiger partial charge on any atom is -0.353 e. The normalized spacial score (nSPS) is 33.4. The van der Waals surface area contributed by atoms with Crippen molar-refractivity contribution < 1.29 is 4.79 Å². The summed E-state index contributed by atoms with van der Waals surface area (Å²) in [4.78, 5) is 19.0. The van der Waals surface area contributed by atoms with Crippen molar-refractivity contribution in [3.63, 3.8) is 0 Å². The standard InChI is InChI=1S/C20H31N3OS/c1-13(2)21-18(24)10-23(3)11-19-22-17(12-25-19)20-7-14-4-15(8-20)6-16(5-14)9-20/h12-16H,4-11H2,1-3H3,(H,21,24). The minimum absolute atomic E-state index is 0.0929. The van der Waals surface area contributed by atoms with Gasteiger partial charge in [-0.15, -0.1) is 11.3 Å². The van der Waals surface area contributed by atoms with Gasteiger partial charge in [-0.2, -0.15) is 0 Å². The van der Waals surface area contributed by atoms with E-state index in [1.165, 1.54) is 44.2 Å². The summed E-state index contributed by atoms with van der Waals surface area (Å²) in [5.74, 6) is 2.96. The predicted molar refractivity (Wildman–Crippen MR) is 102 cm³/mol. The van der Waals surface area contributed by atoms with Crippen molar-refractivity contribution in [2.45, 2.75) is 70.4 Å². The van der Waals surface area contributed by atoms with Crippen molar-refractivity contribution in [3.8, 4) is 0 Å². The molecule has 0 atom stereocenters. The van der Waals surface area contributed by atoms with E-state index in [9.17, 15) is 4.79 Å². The maximum Gasteiger partial charge on any atom is 0.234 e. The molecule has 25 heavy (non-hydrogen) atoms. The maximum absolute atomic E-state index is 11.9. The lowest BCUT2D eigenvalue weighted by molar-refractivity contribution is -0.122. The van der Waals surface area contributed by atoms with Crippen LogP contribution in [0.5, 0.6) is 0 Å². The van der Waals surface area contributed by atoms with Gasteiger partial charge in [0.2, 0.25) is 5.91 Å². The molecule has 1 aromatic heterocycles. The summed E-state index contributed by atoms with van der Waals surface area (Å²) in [6.45, 7) is 5.19. The highest BCUT2D eigenvalue weighted by molar-refractivity contribution is 7.09. The number of nitrogens with one attached hydrogen (secondary N) is 1. The molecule has 0 radical (unpaired) electrons. The number of nitrogens with zero attached hydrogens (tertiary/aromatic N) is 2. The van der Waals surface area contributed by atoms with E-state index in [2.05, 4.69) is 15.6 Å². The van der Waals surface area contributed by atoms with Crippen molar-refractivity contribution in [3.05, 3.63) is 16.1 Å². The van der Waals surface area contributed by atoms with Gasteiger partial charge in [-0.1, -0.05) is 0 Å². The van der Waals surface area contributed by atoms with Gasteiger partial charge < -0.3 is 5.32 Å². The molecule has 5 heteroatoms. The van der Waals surface area contributed by atoms with Crippen LogP contribution in [-0.2, 0) is 16.8 Å². The van der Waals surface area contributed by atoms with E-state index in [-0.39, 0.29) is 11.9 Å². The first-order valence-electron chi connectivity index (χ1n) is 9.84. The number of rotatable bonds is 6. The van der Waals surface area contributed by atoms with Gasteiger partial charge in [-0.3, -0.25) is 9.69 Å². The van der Waals surface area contributed by atoms with Crippen LogP contribution in [0.3, 0.4) is 0 Å². The van der Waals surface area contributed by atoms with Crippen LogP contribution in [0.2, 0.25) is 0 Å². The Kier molecular flexibility index (Phi) is 4.65. The number of amides is 1. The first-order chi connectivity index (χ1) is 11.9. The van der Waals surface area contributed by atoms with Crippen LogP contribution in [-0.4, -0.2) is 35.4 Å². The number of thiazole rings is 1. The predicted octanol–water partition coefficient (Wildman–Crippen LogP) is 3.57. The highest BCUT2D eigenvalue weighted by Crippen LogP contribution is 2.60. The summed E-state index contributed by atoms with van der Waals surface area (Å²) in [6.07, 6.45) is 8.54. The summed E-state index contributed by atoms with van der Waals surface area (Å²) in [5, 5.41) is 6.44. The lowest BCUT2D eigenvalue weighted by atomic mass is 9.49. The third-order valence-corrected chi connectivity index (χ3v) is 7.24. The number of aromatic nitrogens is 1. The minimum atomic E-state index is 0.0929. The zero-order valence-electron chi connectivity index (χ0n) is 15.8. The Bertz CT molecular complexity index is 603. The van der Waals surface area contributed by atoms with Crippen molar-refractivity contribution in [1.82, 2.24) is 15.2 Å². The number of likely N-dealkylation sites (N-methyl/N-ethyl adjacent to an activating group) is 1. The summed E-state index contributed by atoms with van der Waals surface area (Å²) >= 11 is 1.78. The van der Waals surface area contributed by atoms with E-state index in [1.54, 1.807) is 11.3 Å². The molecule has 4 bridgehead atoms.